The SMILES string of the molecule is Fc1cccc([C@H]2CCCN2c2ccc3ncc(-c4cccc(F)n4)n3n2)c1.O=C1CCC(N2C(=O)c3ccc(NC4CN(c5cccc(-c6cnc7ccc(N8CCC[C@@H]8c8cccc(F)c8)nn67)n5)C4)cc3C2=O)C(=O)N1.O=C1CCC(N2C(=O)c3ccc(NC4CNC4)cc3C2=O)C(=O)N1. The van der Waals surface area contributed by atoms with Crippen LogP contribution in [0.25, 0.3) is 34.1 Å². The van der Waals surface area contributed by atoms with Crippen molar-refractivity contribution in [1.82, 2.24) is 64.9 Å². The standard InChI is InChI=1S/C37H32FN9O4.C21H17F2N5.C16H16N4O4/c38-22-5-1-4-21(16-22)28-7-3-15-45(28)33-13-12-31-39-18-30(47(31)43-33)27-6-2-8-32(41-27)44-19-24(20-44)40-23-9-10-25-26(17-23)37(51)46(36(25)50)29-11-14-34(48)42-35(29)49;22-15-5-1-4-14(12-15)17-7-3-11-27(17)21-10-9-20-24-13-18(28(20)26-21)16-6-2-8-19(23)25-16;21-13-4-3-12(14(22)19-13)20-15(23)10-2-1-8(5-11(10)16(20)24)18-9-6-17-7-9/h1-2,4-6,8-10,12-13,16-18,24,28-29,40H,3,7,11,14-15,19-20H2,(H,42,48,49);1-2,4-6,8-10,12-13,17H,3,7,11H2;1-2,5,9,12,17-18H,3-4,6-7H2,(H,19,21,22)/t28-,29?;17-;/m11./s1. The highest BCUT2D eigenvalue weighted by Crippen LogP contribution is 2.39. The molecule has 4 aromatic carbocycles. The molecule has 8 aliphatic rings. The van der Waals surface area contributed by atoms with E-state index in [4.69, 9.17) is 15.2 Å². The van der Waals surface area contributed by atoms with E-state index in [1.807, 2.05) is 59.1 Å². The number of nitrogens with one attached hydrogen (secondary N) is 5. The molecule has 29 heteroatoms. The first-order chi connectivity index (χ1) is 50.0. The molecular formula is C74H65F3N18O8. The zero-order valence-electron chi connectivity index (χ0n) is 55.1. The van der Waals surface area contributed by atoms with E-state index in [9.17, 15) is 51.5 Å². The van der Waals surface area contributed by atoms with Crippen molar-refractivity contribution < 1.29 is 51.5 Å². The number of imidazole rings is 2. The van der Waals surface area contributed by atoms with Gasteiger partial charge in [0.1, 0.15) is 52.6 Å². The summed E-state index contributed by atoms with van der Waals surface area (Å²) < 4.78 is 44.8. The number of piperidine rings is 2. The summed E-state index contributed by atoms with van der Waals surface area (Å²) in [6, 6.07) is 40.3. The van der Waals surface area contributed by atoms with Crippen LogP contribution in [0.1, 0.15) is 116 Å². The van der Waals surface area contributed by atoms with Crippen LogP contribution in [0.2, 0.25) is 0 Å². The van der Waals surface area contributed by atoms with Crippen molar-refractivity contribution in [1.29, 1.82) is 0 Å². The van der Waals surface area contributed by atoms with E-state index in [2.05, 4.69) is 56.2 Å². The average Bonchev–Trinajstić information content (AvgIpc) is 1.67. The fourth-order valence-electron chi connectivity index (χ4n) is 14.6. The number of benzene rings is 4. The molecule has 0 aliphatic carbocycles. The second-order valence-corrected chi connectivity index (χ2v) is 26.4. The maximum absolute atomic E-state index is 14.0. The molecule has 0 bridgehead atoms. The molecule has 103 heavy (non-hydrogen) atoms. The van der Waals surface area contributed by atoms with Gasteiger partial charge in [0.15, 0.2) is 11.3 Å². The second kappa shape index (κ2) is 27.0. The van der Waals surface area contributed by atoms with Crippen LogP contribution >= 0.6 is 0 Å². The molecule has 6 saturated heterocycles. The van der Waals surface area contributed by atoms with Crippen molar-refractivity contribution in [2.45, 2.75) is 87.6 Å². The van der Waals surface area contributed by atoms with Crippen molar-refractivity contribution in [3.05, 3.63) is 209 Å². The molecule has 0 saturated carbocycles. The minimum atomic E-state index is -1.00. The highest BCUT2D eigenvalue weighted by molar-refractivity contribution is 6.25. The smallest absolute Gasteiger partial charge is 0.262 e. The third-order valence-electron chi connectivity index (χ3n) is 19.8. The number of halogens is 3. The third-order valence-corrected chi connectivity index (χ3v) is 19.8. The molecule has 10 aromatic rings. The Bertz CT molecular complexity index is 5140. The van der Waals surface area contributed by atoms with E-state index < -0.39 is 59.4 Å². The van der Waals surface area contributed by atoms with Crippen LogP contribution in [0.5, 0.6) is 0 Å². The summed E-state index contributed by atoms with van der Waals surface area (Å²) in [6.07, 6.45) is 7.72. The summed E-state index contributed by atoms with van der Waals surface area (Å²) in [5.41, 5.74) is 8.35. The van der Waals surface area contributed by atoms with Gasteiger partial charge in [0.2, 0.25) is 29.6 Å². The number of carbonyl (C=O) groups excluding carboxylic acids is 8. The summed E-state index contributed by atoms with van der Waals surface area (Å²) in [5, 5.41) is 24.0. The highest BCUT2D eigenvalue weighted by atomic mass is 19.1. The normalized spacial score (nSPS) is 20.3. The molecule has 520 valence electrons. The lowest BCUT2D eigenvalue weighted by Gasteiger charge is -2.41. The molecule has 0 spiro atoms. The Morgan fingerprint density at radius 1 is 0.447 bits per heavy atom. The molecule has 26 nitrogen and oxygen atoms in total. The minimum absolute atomic E-state index is 0.0411. The molecule has 4 atom stereocenters. The summed E-state index contributed by atoms with van der Waals surface area (Å²) in [6.45, 7) is 4.69. The Labute approximate surface area is 585 Å². The first-order valence-electron chi connectivity index (χ1n) is 34.1. The largest absolute Gasteiger partial charge is 0.380 e. The van der Waals surface area contributed by atoms with E-state index in [0.717, 1.165) is 107 Å². The quantitative estimate of drug-likeness (QED) is 0.0542. The molecule has 5 N–H and O–H groups in total. The second-order valence-electron chi connectivity index (χ2n) is 26.4. The topological polar surface area (TPSA) is 299 Å². The van der Waals surface area contributed by atoms with Gasteiger partial charge >= 0.3 is 0 Å². The Kier molecular flexibility index (Phi) is 17.1. The fourth-order valence-corrected chi connectivity index (χ4v) is 14.6. The van der Waals surface area contributed by atoms with E-state index in [1.165, 1.54) is 18.2 Å². The molecule has 6 aromatic heterocycles. The number of aromatic nitrogens is 8. The van der Waals surface area contributed by atoms with Gasteiger partial charge in [-0.05, 0) is 159 Å². The zero-order valence-corrected chi connectivity index (χ0v) is 55.1. The molecule has 14 heterocycles. The highest BCUT2D eigenvalue weighted by Gasteiger charge is 2.47. The molecule has 6 fully saturated rings. The molecular weight excluding hydrogens is 1330 g/mol. The van der Waals surface area contributed by atoms with Gasteiger partial charge in [-0.1, -0.05) is 36.4 Å². The number of hydrogen-bond donors (Lipinski definition) is 5. The predicted molar refractivity (Wildman–Crippen MR) is 370 cm³/mol. The van der Waals surface area contributed by atoms with Crippen LogP contribution in [0.3, 0.4) is 0 Å². The maximum atomic E-state index is 14.0. The summed E-state index contributed by atoms with van der Waals surface area (Å²) in [7, 11) is 0. The third kappa shape index (κ3) is 12.6. The van der Waals surface area contributed by atoms with Gasteiger partial charge in [-0.3, -0.25) is 58.8 Å². The zero-order chi connectivity index (χ0) is 70.7. The Balaban J connectivity index is 0.000000132. The van der Waals surface area contributed by atoms with Crippen LogP contribution in [-0.2, 0) is 19.2 Å². The van der Waals surface area contributed by atoms with Crippen molar-refractivity contribution in [3.8, 4) is 22.8 Å². The lowest BCUT2D eigenvalue weighted by Crippen LogP contribution is -2.55. The summed E-state index contributed by atoms with van der Waals surface area (Å²) >= 11 is 0. The summed E-state index contributed by atoms with van der Waals surface area (Å²) in [5.74, 6) is -2.71. The molecule has 2 unspecified atom stereocenters. The number of anilines is 5. The van der Waals surface area contributed by atoms with Gasteiger partial charge in [-0.2, -0.15) is 4.39 Å². The first kappa shape index (κ1) is 65.3. The fraction of sp³-hybridized carbons (Fsp3) is 0.270. The van der Waals surface area contributed by atoms with Crippen molar-refractivity contribution in [2.24, 2.45) is 0 Å². The van der Waals surface area contributed by atoms with Crippen LogP contribution in [0, 0.1) is 17.6 Å². The lowest BCUT2D eigenvalue weighted by molar-refractivity contribution is -0.137. The molecule has 0 radical (unpaired) electrons. The number of nitrogens with zero attached hydrogens (tertiary/aromatic N) is 13. The first-order valence-corrected chi connectivity index (χ1v) is 34.1. The molecule has 8 aliphatic heterocycles. The van der Waals surface area contributed by atoms with Gasteiger partial charge < -0.3 is 30.7 Å². The van der Waals surface area contributed by atoms with Gasteiger partial charge in [0.25, 0.3) is 23.6 Å². The van der Waals surface area contributed by atoms with Gasteiger partial charge in [0.05, 0.1) is 70.2 Å². The number of rotatable bonds is 13. The van der Waals surface area contributed by atoms with Gasteiger partial charge in [-0.25, -0.2) is 37.7 Å². The van der Waals surface area contributed by atoms with E-state index in [-0.39, 0.29) is 72.5 Å². The number of hydrogen-bond acceptors (Lipinski definition) is 20. The Morgan fingerprint density at radius 3 is 1.40 bits per heavy atom. The van der Waals surface area contributed by atoms with E-state index in [0.29, 0.717) is 58.6 Å². The average molecular weight is 1390 g/mol. The number of pyridine rings is 2. The van der Waals surface area contributed by atoms with Gasteiger partial charge in [-0.15, -0.1) is 10.2 Å². The Hall–Kier alpha value is -12.3. The lowest BCUT2D eigenvalue weighted by atomic mass is 10.0. The predicted octanol–water partition coefficient (Wildman–Crippen LogP) is 7.86. The van der Waals surface area contributed by atoms with Crippen LogP contribution in [0.4, 0.5) is 42.0 Å². The number of imide groups is 4. The van der Waals surface area contributed by atoms with E-state index in [1.54, 1.807) is 89.7 Å². The Morgan fingerprint density at radius 2 is 0.922 bits per heavy atom. The number of fused-ring (bicyclic) bond motifs is 4. The van der Waals surface area contributed by atoms with Crippen molar-refractivity contribution in [2.75, 3.05) is 64.6 Å². The maximum Gasteiger partial charge on any atom is 0.262 e. The number of amides is 8. The van der Waals surface area contributed by atoms with Crippen LogP contribution in [0.15, 0.2) is 158 Å². The molecule has 8 amide bonds. The summed E-state index contributed by atoms with van der Waals surface area (Å²) in [4.78, 5) is 125. The van der Waals surface area contributed by atoms with Gasteiger partial charge in [0, 0.05) is 63.5 Å². The van der Waals surface area contributed by atoms with Crippen molar-refractivity contribution >= 4 is 87.4 Å². The van der Waals surface area contributed by atoms with Crippen molar-refractivity contribution in [3.63, 3.8) is 0 Å². The van der Waals surface area contributed by atoms with Crippen LogP contribution < -0.4 is 41.3 Å². The monoisotopic (exact) mass is 1390 g/mol. The molecule has 18 rings (SSSR count). The minimum Gasteiger partial charge on any atom is -0.380 e. The van der Waals surface area contributed by atoms with Crippen LogP contribution in [-0.4, -0.2) is 160 Å². The number of carbonyl (C=O) groups is 8. The van der Waals surface area contributed by atoms with E-state index >= 15 is 0 Å².